The molecule has 55 valence electrons. The molecule has 0 fully saturated rings. The minimum absolute atomic E-state index is 0. The van der Waals surface area contributed by atoms with E-state index in [1.54, 1.807) is 0 Å². The topological polar surface area (TPSA) is 126 Å². The first kappa shape index (κ1) is 15.7. The van der Waals surface area contributed by atoms with Gasteiger partial charge in [-0.3, -0.25) is 0 Å². The Morgan fingerprint density at radius 3 is 0.778 bits per heavy atom. The van der Waals surface area contributed by atoms with Gasteiger partial charge in [0.05, 0.1) is 0 Å². The molecule has 7 heteroatoms. The van der Waals surface area contributed by atoms with Gasteiger partial charge in [-0.25, -0.2) is 0 Å². The number of hydrogen-bond acceptors (Lipinski definition) is 6. The van der Waals surface area contributed by atoms with E-state index in [0.29, 0.717) is 0 Å². The molecule has 0 heterocycles. The Balaban J connectivity index is -0.0000000720. The summed E-state index contributed by atoms with van der Waals surface area (Å²) < 4.78 is 0. The molecule has 0 aliphatic rings. The van der Waals surface area contributed by atoms with Crippen LogP contribution in [0.15, 0.2) is 0 Å². The van der Waals surface area contributed by atoms with Crippen LogP contribution in [0, 0.1) is 0 Å². The van der Waals surface area contributed by atoms with Gasteiger partial charge < -0.3 is 30.0 Å². The first-order valence-corrected chi connectivity index (χ1v) is 1.22. The second kappa shape index (κ2) is 10.1. The molecule has 0 aliphatic heterocycles. The van der Waals surface area contributed by atoms with Crippen LogP contribution < -0.4 is 20.4 Å². The largest absolute Gasteiger partial charge is 0.652 e. The fraction of sp³-hybridized carbons (Fsp3) is 0. The standard InChI is InChI=1S/2CH2O3.Mn/c2*2-1(3)4;/h2*(H2,2,3,4);/p-4. The van der Waals surface area contributed by atoms with E-state index < -0.39 is 12.3 Å². The van der Waals surface area contributed by atoms with Crippen molar-refractivity contribution in [1.29, 1.82) is 0 Å². The van der Waals surface area contributed by atoms with Crippen LogP contribution in [0.5, 0.6) is 0 Å². The third-order valence-corrected chi connectivity index (χ3v) is 0. The van der Waals surface area contributed by atoms with Gasteiger partial charge in [0.25, 0.3) is 0 Å². The third-order valence-electron chi connectivity index (χ3n) is 0. The van der Waals surface area contributed by atoms with Crippen molar-refractivity contribution in [2.45, 2.75) is 0 Å². The van der Waals surface area contributed by atoms with Gasteiger partial charge in [0.2, 0.25) is 0 Å². The molecule has 0 aromatic heterocycles. The van der Waals surface area contributed by atoms with Crippen LogP contribution in [0.25, 0.3) is 0 Å². The summed E-state index contributed by atoms with van der Waals surface area (Å²) in [6.07, 6.45) is -4.67. The molecule has 0 amide bonds. The molecule has 9 heavy (non-hydrogen) atoms. The molecule has 1 radical (unpaired) electrons. The summed E-state index contributed by atoms with van der Waals surface area (Å²) in [7, 11) is 0. The number of carbonyl (C=O) groups is 2. The van der Waals surface area contributed by atoms with Crippen molar-refractivity contribution < 1.29 is 47.1 Å². The molecular weight excluding hydrogens is 175 g/mol. The van der Waals surface area contributed by atoms with E-state index in [1.807, 2.05) is 0 Å². The average Bonchev–Trinajstić information content (AvgIpc) is 1.25. The molecular formula is C2MnO6-4. The average molecular weight is 175 g/mol. The van der Waals surface area contributed by atoms with Gasteiger partial charge in [0, 0.05) is 17.1 Å². The van der Waals surface area contributed by atoms with Crippen molar-refractivity contribution >= 4 is 12.3 Å². The van der Waals surface area contributed by atoms with Gasteiger partial charge in [-0.05, 0) is 12.3 Å². The molecule has 0 saturated carbocycles. The molecule has 0 unspecified atom stereocenters. The van der Waals surface area contributed by atoms with Crippen LogP contribution >= 0.6 is 0 Å². The number of hydrogen-bond donors (Lipinski definition) is 0. The Morgan fingerprint density at radius 1 is 0.778 bits per heavy atom. The fourth-order valence-electron chi connectivity index (χ4n) is 0. The molecule has 0 aromatic rings. The van der Waals surface area contributed by atoms with Crippen LogP contribution in [0.2, 0.25) is 0 Å². The van der Waals surface area contributed by atoms with Crippen molar-refractivity contribution in [1.82, 2.24) is 0 Å². The molecule has 0 bridgehead atoms. The Morgan fingerprint density at radius 2 is 0.778 bits per heavy atom. The summed E-state index contributed by atoms with van der Waals surface area (Å²) >= 11 is 0. The van der Waals surface area contributed by atoms with E-state index in [4.69, 9.17) is 30.0 Å². The first-order valence-electron chi connectivity index (χ1n) is 1.22. The van der Waals surface area contributed by atoms with E-state index in [0.717, 1.165) is 0 Å². The van der Waals surface area contributed by atoms with Gasteiger partial charge >= 0.3 is 0 Å². The van der Waals surface area contributed by atoms with Crippen molar-refractivity contribution in [2.24, 2.45) is 0 Å². The van der Waals surface area contributed by atoms with Gasteiger partial charge in [-0.15, -0.1) is 0 Å². The molecule has 0 N–H and O–H groups in total. The molecule has 0 rings (SSSR count). The maximum atomic E-state index is 8.33. The van der Waals surface area contributed by atoms with E-state index in [-0.39, 0.29) is 17.1 Å². The molecule has 0 atom stereocenters. The van der Waals surface area contributed by atoms with E-state index in [1.165, 1.54) is 0 Å². The van der Waals surface area contributed by atoms with Crippen molar-refractivity contribution in [2.75, 3.05) is 0 Å². The first-order chi connectivity index (χ1) is 3.46. The van der Waals surface area contributed by atoms with Crippen molar-refractivity contribution in [3.63, 3.8) is 0 Å². The Kier molecular flexibility index (Phi) is 17.7. The molecule has 0 aromatic carbocycles. The maximum Gasteiger partial charge on any atom is 0 e. The maximum absolute atomic E-state index is 8.33. The Bertz CT molecular complexity index is 69.1. The fourth-order valence-corrected chi connectivity index (χ4v) is 0. The zero-order valence-corrected chi connectivity index (χ0v) is 5.01. The van der Waals surface area contributed by atoms with Gasteiger partial charge in [0.15, 0.2) is 0 Å². The molecule has 6 nitrogen and oxygen atoms in total. The SMILES string of the molecule is O=C([O-])[O-].O=C([O-])[O-].[Mn]. The van der Waals surface area contributed by atoms with Crippen molar-refractivity contribution in [3.05, 3.63) is 0 Å². The number of rotatable bonds is 0. The van der Waals surface area contributed by atoms with Crippen LogP contribution in [-0.2, 0) is 17.1 Å². The summed E-state index contributed by atoms with van der Waals surface area (Å²) in [6.45, 7) is 0. The van der Waals surface area contributed by atoms with Gasteiger partial charge in [-0.1, -0.05) is 0 Å². The zero-order chi connectivity index (χ0) is 7.15. The predicted octanol–water partition coefficient (Wildman–Crippen LogP) is -4.90. The van der Waals surface area contributed by atoms with Crippen LogP contribution in [-0.4, -0.2) is 12.3 Å². The Labute approximate surface area is 60.2 Å². The van der Waals surface area contributed by atoms with Crippen molar-refractivity contribution in [3.8, 4) is 0 Å². The summed E-state index contributed by atoms with van der Waals surface area (Å²) in [6, 6.07) is 0. The predicted molar refractivity (Wildman–Crippen MR) is 10.8 cm³/mol. The minimum Gasteiger partial charge on any atom is -0.652 e. The van der Waals surface area contributed by atoms with Crippen LogP contribution in [0.3, 0.4) is 0 Å². The smallest absolute Gasteiger partial charge is 0 e. The molecule has 0 spiro atoms. The number of carbonyl (C=O) groups excluding carboxylic acids is 2. The minimum atomic E-state index is -2.33. The zero-order valence-electron chi connectivity index (χ0n) is 3.83. The van der Waals surface area contributed by atoms with Gasteiger partial charge in [-0.2, -0.15) is 0 Å². The number of carboxylic acid groups (broad SMARTS) is 4. The second-order valence-electron chi connectivity index (χ2n) is 0.500. The monoisotopic (exact) mass is 175 g/mol. The second-order valence-corrected chi connectivity index (χ2v) is 0.500. The third kappa shape index (κ3) is 204. The van der Waals surface area contributed by atoms with Crippen LogP contribution in [0.1, 0.15) is 0 Å². The summed E-state index contributed by atoms with van der Waals surface area (Å²) in [5.41, 5.74) is 0. The van der Waals surface area contributed by atoms with E-state index >= 15 is 0 Å². The normalized spacial score (nSPS) is 5.33. The molecule has 0 aliphatic carbocycles. The Hall–Kier alpha value is -0.941. The van der Waals surface area contributed by atoms with Crippen LogP contribution in [0.4, 0.5) is 9.59 Å². The summed E-state index contributed by atoms with van der Waals surface area (Å²) in [5, 5.41) is 33.3. The molecule has 0 saturated heterocycles. The van der Waals surface area contributed by atoms with E-state index in [2.05, 4.69) is 0 Å². The van der Waals surface area contributed by atoms with Gasteiger partial charge in [0.1, 0.15) is 0 Å². The summed E-state index contributed by atoms with van der Waals surface area (Å²) in [4.78, 5) is 16.7. The quantitative estimate of drug-likeness (QED) is 0.339. The van der Waals surface area contributed by atoms with E-state index in [9.17, 15) is 0 Å². The summed E-state index contributed by atoms with van der Waals surface area (Å²) in [5.74, 6) is 0.